The van der Waals surface area contributed by atoms with Crippen molar-refractivity contribution < 1.29 is 0 Å². The Labute approximate surface area is 87.6 Å². The van der Waals surface area contributed by atoms with E-state index in [1.807, 2.05) is 12.4 Å². The SMILES string of the molecule is Cc1cncc(C(C)(C)C(C)(C)C)c1. The summed E-state index contributed by atoms with van der Waals surface area (Å²) in [6.45, 7) is 13.5. The highest BCUT2D eigenvalue weighted by molar-refractivity contribution is 5.26. The number of hydrogen-bond acceptors (Lipinski definition) is 1. The molecule has 0 aliphatic rings. The molecule has 0 saturated heterocycles. The molecule has 0 radical (unpaired) electrons. The van der Waals surface area contributed by atoms with Crippen molar-refractivity contribution in [3.8, 4) is 0 Å². The molecule has 0 atom stereocenters. The van der Waals surface area contributed by atoms with Gasteiger partial charge in [-0.1, -0.05) is 40.7 Å². The summed E-state index contributed by atoms with van der Waals surface area (Å²) in [6, 6.07) is 2.23. The van der Waals surface area contributed by atoms with Crippen molar-refractivity contribution >= 4 is 0 Å². The van der Waals surface area contributed by atoms with E-state index < -0.39 is 0 Å². The van der Waals surface area contributed by atoms with Crippen LogP contribution in [0, 0.1) is 12.3 Å². The lowest BCUT2D eigenvalue weighted by molar-refractivity contribution is 0.225. The predicted octanol–water partition coefficient (Wildman–Crippen LogP) is 3.71. The van der Waals surface area contributed by atoms with Gasteiger partial charge >= 0.3 is 0 Å². The highest BCUT2D eigenvalue weighted by Crippen LogP contribution is 2.40. The molecule has 1 nitrogen and oxygen atoms in total. The summed E-state index contributed by atoms with van der Waals surface area (Å²) in [5.41, 5.74) is 2.97. The second-order valence-electron chi connectivity index (χ2n) is 5.63. The van der Waals surface area contributed by atoms with Crippen molar-refractivity contribution in [1.82, 2.24) is 4.98 Å². The molecule has 0 spiro atoms. The van der Waals surface area contributed by atoms with Gasteiger partial charge in [-0.25, -0.2) is 0 Å². The number of hydrogen-bond donors (Lipinski definition) is 0. The zero-order valence-electron chi connectivity index (χ0n) is 10.2. The van der Waals surface area contributed by atoms with Crippen LogP contribution >= 0.6 is 0 Å². The molecular formula is C13H21N. The van der Waals surface area contributed by atoms with E-state index >= 15 is 0 Å². The summed E-state index contributed by atoms with van der Waals surface area (Å²) in [5, 5.41) is 0. The lowest BCUT2D eigenvalue weighted by Gasteiger charge is -2.39. The molecule has 14 heavy (non-hydrogen) atoms. The molecule has 0 saturated carbocycles. The summed E-state index contributed by atoms with van der Waals surface area (Å²) in [4.78, 5) is 4.26. The van der Waals surface area contributed by atoms with Gasteiger partial charge in [0.25, 0.3) is 0 Å². The maximum Gasteiger partial charge on any atom is 0.0305 e. The second kappa shape index (κ2) is 3.38. The quantitative estimate of drug-likeness (QED) is 0.659. The third-order valence-electron chi connectivity index (χ3n) is 3.47. The van der Waals surface area contributed by atoms with Crippen molar-refractivity contribution in [1.29, 1.82) is 0 Å². The van der Waals surface area contributed by atoms with Gasteiger partial charge in [-0.05, 0) is 28.9 Å². The first-order chi connectivity index (χ1) is 6.25. The first-order valence-corrected chi connectivity index (χ1v) is 5.17. The average molecular weight is 191 g/mol. The fourth-order valence-electron chi connectivity index (χ4n) is 1.33. The highest BCUT2D eigenvalue weighted by Gasteiger charge is 2.34. The van der Waals surface area contributed by atoms with E-state index in [1.54, 1.807) is 0 Å². The Kier molecular flexibility index (Phi) is 2.71. The Balaban J connectivity index is 3.16. The van der Waals surface area contributed by atoms with Gasteiger partial charge in [0, 0.05) is 12.4 Å². The number of rotatable bonds is 1. The molecule has 0 amide bonds. The van der Waals surface area contributed by atoms with Gasteiger partial charge in [0.2, 0.25) is 0 Å². The van der Waals surface area contributed by atoms with Crippen molar-refractivity contribution in [2.45, 2.75) is 47.0 Å². The van der Waals surface area contributed by atoms with Gasteiger partial charge < -0.3 is 0 Å². The number of aryl methyl sites for hydroxylation is 1. The monoisotopic (exact) mass is 191 g/mol. The molecular weight excluding hydrogens is 170 g/mol. The van der Waals surface area contributed by atoms with Crippen LogP contribution in [0.15, 0.2) is 18.5 Å². The van der Waals surface area contributed by atoms with Crippen LogP contribution in [0.1, 0.15) is 45.7 Å². The Hall–Kier alpha value is -0.850. The van der Waals surface area contributed by atoms with Gasteiger partial charge in [-0.15, -0.1) is 0 Å². The highest BCUT2D eigenvalue weighted by atomic mass is 14.6. The van der Waals surface area contributed by atoms with E-state index in [9.17, 15) is 0 Å². The van der Waals surface area contributed by atoms with E-state index in [1.165, 1.54) is 11.1 Å². The van der Waals surface area contributed by atoms with Crippen LogP contribution in [0.4, 0.5) is 0 Å². The molecule has 0 aliphatic carbocycles. The van der Waals surface area contributed by atoms with Crippen molar-refractivity contribution in [3.63, 3.8) is 0 Å². The van der Waals surface area contributed by atoms with Crippen LogP contribution in [0.2, 0.25) is 0 Å². The van der Waals surface area contributed by atoms with Gasteiger partial charge in [0.05, 0.1) is 0 Å². The summed E-state index contributed by atoms with van der Waals surface area (Å²) in [7, 11) is 0. The Morgan fingerprint density at radius 2 is 1.57 bits per heavy atom. The number of aromatic nitrogens is 1. The lowest BCUT2D eigenvalue weighted by atomic mass is 9.65. The van der Waals surface area contributed by atoms with Gasteiger partial charge in [-0.2, -0.15) is 0 Å². The fourth-order valence-corrected chi connectivity index (χ4v) is 1.33. The van der Waals surface area contributed by atoms with Crippen molar-refractivity contribution in [3.05, 3.63) is 29.6 Å². The van der Waals surface area contributed by atoms with Gasteiger partial charge in [-0.3, -0.25) is 4.98 Å². The van der Waals surface area contributed by atoms with Crippen molar-refractivity contribution in [2.75, 3.05) is 0 Å². The third-order valence-corrected chi connectivity index (χ3v) is 3.47. The first-order valence-electron chi connectivity index (χ1n) is 5.17. The molecule has 1 rings (SSSR count). The largest absolute Gasteiger partial charge is 0.264 e. The minimum absolute atomic E-state index is 0.159. The van der Waals surface area contributed by atoms with Gasteiger partial charge in [0.15, 0.2) is 0 Å². The Morgan fingerprint density at radius 3 is 2.00 bits per heavy atom. The van der Waals surface area contributed by atoms with E-state index in [2.05, 4.69) is 52.6 Å². The van der Waals surface area contributed by atoms with Crippen LogP contribution < -0.4 is 0 Å². The normalized spacial score (nSPS) is 13.0. The molecule has 0 fully saturated rings. The second-order valence-corrected chi connectivity index (χ2v) is 5.63. The minimum atomic E-state index is 0.159. The molecule has 0 bridgehead atoms. The van der Waals surface area contributed by atoms with E-state index in [0.717, 1.165) is 0 Å². The molecule has 1 heteroatoms. The van der Waals surface area contributed by atoms with E-state index in [4.69, 9.17) is 0 Å². The maximum atomic E-state index is 4.26. The first kappa shape index (κ1) is 11.2. The average Bonchev–Trinajstić information content (AvgIpc) is 2.02. The van der Waals surface area contributed by atoms with Gasteiger partial charge in [0.1, 0.15) is 0 Å². The zero-order chi connectivity index (χ0) is 11.0. The van der Waals surface area contributed by atoms with Crippen LogP contribution in [-0.4, -0.2) is 4.98 Å². The summed E-state index contributed by atoms with van der Waals surface area (Å²) in [5.74, 6) is 0. The van der Waals surface area contributed by atoms with Crippen LogP contribution in [0.5, 0.6) is 0 Å². The molecule has 0 aliphatic heterocycles. The molecule has 78 valence electrons. The summed E-state index contributed by atoms with van der Waals surface area (Å²) >= 11 is 0. The smallest absolute Gasteiger partial charge is 0.0305 e. The zero-order valence-corrected chi connectivity index (χ0v) is 10.2. The minimum Gasteiger partial charge on any atom is -0.264 e. The predicted molar refractivity (Wildman–Crippen MR) is 61.5 cm³/mol. The van der Waals surface area contributed by atoms with Crippen LogP contribution in [0.25, 0.3) is 0 Å². The maximum absolute atomic E-state index is 4.26. The molecule has 0 unspecified atom stereocenters. The Morgan fingerprint density at radius 1 is 1.00 bits per heavy atom. The fraction of sp³-hybridized carbons (Fsp3) is 0.615. The van der Waals surface area contributed by atoms with Crippen LogP contribution in [-0.2, 0) is 5.41 Å². The van der Waals surface area contributed by atoms with Crippen molar-refractivity contribution in [2.24, 2.45) is 5.41 Å². The standard InChI is InChI=1S/C13H21N/c1-10-7-11(9-14-8-10)13(5,6)12(2,3)4/h7-9H,1-6H3. The summed E-state index contributed by atoms with van der Waals surface area (Å²) in [6.07, 6.45) is 3.89. The molecule has 1 heterocycles. The summed E-state index contributed by atoms with van der Waals surface area (Å²) < 4.78 is 0. The molecule has 0 aromatic carbocycles. The number of pyridine rings is 1. The van der Waals surface area contributed by atoms with Crippen LogP contribution in [0.3, 0.4) is 0 Å². The molecule has 0 N–H and O–H groups in total. The Bertz CT molecular complexity index is 318. The lowest BCUT2D eigenvalue weighted by Crippen LogP contribution is -2.34. The molecule has 1 aromatic rings. The third kappa shape index (κ3) is 1.97. The topological polar surface area (TPSA) is 12.9 Å². The molecule has 1 aromatic heterocycles. The number of nitrogens with zero attached hydrogens (tertiary/aromatic N) is 1. The van der Waals surface area contributed by atoms with E-state index in [0.29, 0.717) is 0 Å². The van der Waals surface area contributed by atoms with E-state index in [-0.39, 0.29) is 10.8 Å².